The van der Waals surface area contributed by atoms with Crippen molar-refractivity contribution >= 4 is 11.8 Å². The number of nitrogens with zero attached hydrogens (tertiary/aromatic N) is 3. The summed E-state index contributed by atoms with van der Waals surface area (Å²) < 4.78 is 1.77. The first-order valence-corrected chi connectivity index (χ1v) is 10.9. The van der Waals surface area contributed by atoms with E-state index in [0.29, 0.717) is 19.5 Å². The van der Waals surface area contributed by atoms with Crippen LogP contribution in [-0.4, -0.2) is 45.6 Å². The molecule has 1 aromatic heterocycles. The summed E-state index contributed by atoms with van der Waals surface area (Å²) in [6, 6.07) is 2.04. The number of carbonyl (C=O) groups excluding carboxylic acids is 2. The third kappa shape index (κ3) is 5.62. The summed E-state index contributed by atoms with van der Waals surface area (Å²) in [6.45, 7) is 8.07. The molecule has 158 valence electrons. The van der Waals surface area contributed by atoms with Crippen LogP contribution >= 0.6 is 0 Å². The smallest absolute Gasteiger partial charge is 0.298 e. The van der Waals surface area contributed by atoms with Crippen molar-refractivity contribution in [3.63, 3.8) is 0 Å². The summed E-state index contributed by atoms with van der Waals surface area (Å²) in [5, 5.41) is 7.29. The molecule has 2 heterocycles. The van der Waals surface area contributed by atoms with Crippen LogP contribution in [0, 0.1) is 22.7 Å². The van der Waals surface area contributed by atoms with Gasteiger partial charge in [-0.25, -0.2) is 0 Å². The minimum absolute atomic E-state index is 0.000845. The molecule has 2 aliphatic rings. The first kappa shape index (κ1) is 21.4. The second kappa shape index (κ2) is 9.02. The highest BCUT2D eigenvalue weighted by Crippen LogP contribution is 2.48. The Bertz CT molecular complexity index is 763. The van der Waals surface area contributed by atoms with Gasteiger partial charge in [0.15, 0.2) is 0 Å². The Balaban J connectivity index is 1.61. The van der Waals surface area contributed by atoms with Gasteiger partial charge in [0, 0.05) is 55.3 Å². The quantitative estimate of drug-likeness (QED) is 0.749. The first-order valence-electron chi connectivity index (χ1n) is 10.9. The zero-order valence-corrected chi connectivity index (χ0v) is 18.0. The van der Waals surface area contributed by atoms with Crippen molar-refractivity contribution in [3.05, 3.63) is 18.5 Å². The number of hydrogen-bond acceptors (Lipinski definition) is 3. The van der Waals surface area contributed by atoms with E-state index in [2.05, 4.69) is 22.3 Å². The topological polar surface area (TPSA) is 67.2 Å². The van der Waals surface area contributed by atoms with Crippen LogP contribution in [0.25, 0.3) is 0 Å². The lowest BCUT2D eigenvalue weighted by Gasteiger charge is -2.53. The van der Waals surface area contributed by atoms with E-state index in [4.69, 9.17) is 0 Å². The lowest BCUT2D eigenvalue weighted by molar-refractivity contribution is -0.135. The number of nitrogens with one attached hydrogen (secondary N) is 1. The average molecular weight is 399 g/mol. The Hall–Kier alpha value is -2.29. The summed E-state index contributed by atoms with van der Waals surface area (Å²) in [5.41, 5.74) is -0.182. The van der Waals surface area contributed by atoms with Crippen LogP contribution in [0.4, 0.5) is 0 Å². The maximum absolute atomic E-state index is 12.9. The van der Waals surface area contributed by atoms with E-state index in [9.17, 15) is 9.59 Å². The number of piperidine rings is 1. The van der Waals surface area contributed by atoms with Crippen molar-refractivity contribution in [3.8, 4) is 11.8 Å². The van der Waals surface area contributed by atoms with E-state index in [0.717, 1.165) is 45.1 Å². The highest BCUT2D eigenvalue weighted by atomic mass is 16.2. The predicted octanol–water partition coefficient (Wildman–Crippen LogP) is 2.99. The Kier molecular flexibility index (Phi) is 6.66. The molecule has 1 atom stereocenters. The average Bonchev–Trinajstić information content (AvgIpc) is 3.17. The Morgan fingerprint density at radius 1 is 1.24 bits per heavy atom. The first-order chi connectivity index (χ1) is 13.8. The van der Waals surface area contributed by atoms with Gasteiger partial charge in [-0.15, -0.1) is 0 Å². The molecule has 3 rings (SSSR count). The number of likely N-dealkylation sites (tertiary alicyclic amines) is 1. The van der Waals surface area contributed by atoms with Crippen molar-refractivity contribution < 1.29 is 9.59 Å². The number of hydrogen-bond donors (Lipinski definition) is 1. The molecule has 0 aromatic carbocycles. The van der Waals surface area contributed by atoms with Crippen molar-refractivity contribution in [2.24, 2.45) is 10.8 Å². The maximum Gasteiger partial charge on any atom is 0.298 e. The van der Waals surface area contributed by atoms with Gasteiger partial charge < -0.3 is 10.2 Å². The molecule has 1 aliphatic heterocycles. The van der Waals surface area contributed by atoms with Crippen LogP contribution in [-0.2, 0) is 16.1 Å². The molecule has 6 heteroatoms. The number of carbonyl (C=O) groups is 2. The second-order valence-electron chi connectivity index (χ2n) is 9.52. The third-order valence-electron chi connectivity index (χ3n) is 6.13. The fourth-order valence-electron chi connectivity index (χ4n) is 4.39. The monoisotopic (exact) mass is 398 g/mol. The standard InChI is InChI=1S/C23H34N4O2/c1-22(2,3)13-9-21(29)27-16-5-4-8-19(27)23(11-6-12-23)18-24-20(28)10-17-26-15-7-14-25-26/h7,14-15,19H,4-6,8,10-12,16-18H2,1-3H3,(H,24,28). The Morgan fingerprint density at radius 2 is 2.03 bits per heavy atom. The van der Waals surface area contributed by atoms with Gasteiger partial charge in [-0.2, -0.15) is 5.10 Å². The van der Waals surface area contributed by atoms with Crippen LogP contribution < -0.4 is 5.32 Å². The van der Waals surface area contributed by atoms with E-state index in [1.54, 1.807) is 10.9 Å². The van der Waals surface area contributed by atoms with E-state index in [1.165, 1.54) is 0 Å². The van der Waals surface area contributed by atoms with Gasteiger partial charge in [-0.05, 0) is 64.9 Å². The summed E-state index contributed by atoms with van der Waals surface area (Å²) >= 11 is 0. The van der Waals surface area contributed by atoms with E-state index in [1.807, 2.05) is 37.9 Å². The number of aryl methyl sites for hydroxylation is 1. The van der Waals surface area contributed by atoms with Crippen LogP contribution in [0.15, 0.2) is 18.5 Å². The molecule has 1 saturated heterocycles. The van der Waals surface area contributed by atoms with Crippen molar-refractivity contribution in [2.45, 2.75) is 78.3 Å². The summed E-state index contributed by atoms with van der Waals surface area (Å²) in [5.74, 6) is 5.97. The molecule has 0 spiro atoms. The summed E-state index contributed by atoms with van der Waals surface area (Å²) in [7, 11) is 0. The largest absolute Gasteiger partial charge is 0.355 e. The second-order valence-corrected chi connectivity index (χ2v) is 9.52. The van der Waals surface area contributed by atoms with E-state index >= 15 is 0 Å². The van der Waals surface area contributed by atoms with E-state index in [-0.39, 0.29) is 28.7 Å². The van der Waals surface area contributed by atoms with Gasteiger partial charge in [0.25, 0.3) is 5.91 Å². The van der Waals surface area contributed by atoms with Crippen molar-refractivity contribution in [1.82, 2.24) is 20.0 Å². The molecule has 1 aliphatic carbocycles. The van der Waals surface area contributed by atoms with Gasteiger partial charge in [0.1, 0.15) is 0 Å². The fraction of sp³-hybridized carbons (Fsp3) is 0.696. The van der Waals surface area contributed by atoms with Gasteiger partial charge in [-0.3, -0.25) is 14.3 Å². The van der Waals surface area contributed by atoms with Crippen molar-refractivity contribution in [2.75, 3.05) is 13.1 Å². The molecule has 29 heavy (non-hydrogen) atoms. The Labute approximate surface area is 174 Å². The van der Waals surface area contributed by atoms with Crippen LogP contribution in [0.2, 0.25) is 0 Å². The summed E-state index contributed by atoms with van der Waals surface area (Å²) in [4.78, 5) is 27.2. The SMILES string of the molecule is CC(C)(C)C#CC(=O)N1CCCCC1C1(CNC(=O)CCn2cccn2)CCC1. The normalized spacial score (nSPS) is 20.9. The number of amides is 2. The zero-order chi connectivity index (χ0) is 20.9. The summed E-state index contributed by atoms with van der Waals surface area (Å²) in [6.07, 6.45) is 10.5. The highest BCUT2D eigenvalue weighted by Gasteiger charge is 2.48. The molecule has 1 unspecified atom stereocenters. The maximum atomic E-state index is 12.9. The molecule has 6 nitrogen and oxygen atoms in total. The molecule has 1 saturated carbocycles. The minimum Gasteiger partial charge on any atom is -0.355 e. The fourth-order valence-corrected chi connectivity index (χ4v) is 4.39. The van der Waals surface area contributed by atoms with Gasteiger partial charge in [0.05, 0.1) is 0 Å². The van der Waals surface area contributed by atoms with Gasteiger partial charge in [-0.1, -0.05) is 12.3 Å². The highest BCUT2D eigenvalue weighted by molar-refractivity contribution is 5.94. The third-order valence-corrected chi connectivity index (χ3v) is 6.13. The molecule has 2 amide bonds. The van der Waals surface area contributed by atoms with Crippen LogP contribution in [0.5, 0.6) is 0 Å². The predicted molar refractivity (Wildman–Crippen MR) is 113 cm³/mol. The lowest BCUT2D eigenvalue weighted by atomic mass is 9.61. The molecular weight excluding hydrogens is 364 g/mol. The molecule has 2 fully saturated rings. The van der Waals surface area contributed by atoms with E-state index < -0.39 is 0 Å². The molecule has 1 N–H and O–H groups in total. The van der Waals surface area contributed by atoms with Gasteiger partial charge >= 0.3 is 0 Å². The molecule has 1 aromatic rings. The van der Waals surface area contributed by atoms with Crippen LogP contribution in [0.3, 0.4) is 0 Å². The minimum atomic E-state index is -0.183. The molecular formula is C23H34N4O2. The van der Waals surface area contributed by atoms with Gasteiger partial charge in [0.2, 0.25) is 5.91 Å². The van der Waals surface area contributed by atoms with Crippen LogP contribution in [0.1, 0.15) is 65.7 Å². The van der Waals surface area contributed by atoms with Crippen molar-refractivity contribution in [1.29, 1.82) is 0 Å². The number of rotatable bonds is 6. The lowest BCUT2D eigenvalue weighted by Crippen LogP contribution is -2.59. The Morgan fingerprint density at radius 3 is 2.66 bits per heavy atom. The zero-order valence-electron chi connectivity index (χ0n) is 18.0. The molecule has 0 radical (unpaired) electrons. The molecule has 0 bridgehead atoms. The number of aromatic nitrogens is 2.